The Morgan fingerprint density at radius 3 is 2.56 bits per heavy atom. The number of anilines is 2. The molecular weight excluding hydrogens is 314 g/mol. The van der Waals surface area contributed by atoms with E-state index in [1.54, 1.807) is 31.3 Å². The van der Waals surface area contributed by atoms with Crippen molar-refractivity contribution in [3.63, 3.8) is 0 Å². The van der Waals surface area contributed by atoms with Crippen molar-refractivity contribution in [1.82, 2.24) is 5.32 Å². The minimum absolute atomic E-state index is 0.0590. The first kappa shape index (κ1) is 17.0. The number of carbonyl (C=O) groups excluding carboxylic acids is 2. The second-order valence-corrected chi connectivity index (χ2v) is 6.35. The third-order valence-electron chi connectivity index (χ3n) is 4.64. The van der Waals surface area contributed by atoms with Crippen molar-refractivity contribution in [2.45, 2.75) is 25.8 Å². The van der Waals surface area contributed by atoms with Crippen molar-refractivity contribution >= 4 is 23.2 Å². The number of aryl methyl sites for hydroxylation is 1. The second kappa shape index (κ2) is 7.38. The molecule has 25 heavy (non-hydrogen) atoms. The molecule has 5 heteroatoms. The highest BCUT2D eigenvalue weighted by molar-refractivity contribution is 5.96. The predicted octanol–water partition coefficient (Wildman–Crippen LogP) is 2.83. The van der Waals surface area contributed by atoms with E-state index in [4.69, 9.17) is 0 Å². The van der Waals surface area contributed by atoms with Gasteiger partial charge in [0, 0.05) is 30.0 Å². The molecule has 2 aromatic rings. The van der Waals surface area contributed by atoms with E-state index in [-0.39, 0.29) is 11.8 Å². The van der Waals surface area contributed by atoms with Gasteiger partial charge in [-0.25, -0.2) is 0 Å². The molecule has 1 aliphatic rings. The van der Waals surface area contributed by atoms with Gasteiger partial charge in [0.15, 0.2) is 0 Å². The molecule has 0 unspecified atom stereocenters. The monoisotopic (exact) mass is 337 g/mol. The van der Waals surface area contributed by atoms with Gasteiger partial charge in [-0.3, -0.25) is 9.59 Å². The highest BCUT2D eigenvalue weighted by atomic mass is 16.2. The van der Waals surface area contributed by atoms with Crippen LogP contribution in [0.15, 0.2) is 48.5 Å². The van der Waals surface area contributed by atoms with Crippen molar-refractivity contribution in [3.8, 4) is 0 Å². The summed E-state index contributed by atoms with van der Waals surface area (Å²) in [6, 6.07) is 15.5. The SMILES string of the molecule is CNC(=O)c1ccc(NC(=O)CN2c3ccccc3CC[C@@H]2C)cc1. The zero-order valence-electron chi connectivity index (χ0n) is 14.6. The van der Waals surface area contributed by atoms with Crippen LogP contribution in [0, 0.1) is 0 Å². The van der Waals surface area contributed by atoms with E-state index in [2.05, 4.69) is 34.6 Å². The fourth-order valence-electron chi connectivity index (χ4n) is 3.21. The maximum absolute atomic E-state index is 12.5. The van der Waals surface area contributed by atoms with E-state index in [0.29, 0.717) is 23.8 Å². The molecule has 5 nitrogen and oxygen atoms in total. The fourth-order valence-corrected chi connectivity index (χ4v) is 3.21. The van der Waals surface area contributed by atoms with Crippen LogP contribution in [0.5, 0.6) is 0 Å². The summed E-state index contributed by atoms with van der Waals surface area (Å²) in [5.41, 5.74) is 3.70. The number of fused-ring (bicyclic) bond motifs is 1. The van der Waals surface area contributed by atoms with Crippen LogP contribution in [-0.2, 0) is 11.2 Å². The van der Waals surface area contributed by atoms with E-state index in [9.17, 15) is 9.59 Å². The van der Waals surface area contributed by atoms with Gasteiger partial charge in [0.25, 0.3) is 5.91 Å². The summed E-state index contributed by atoms with van der Waals surface area (Å²) < 4.78 is 0. The molecule has 0 spiro atoms. The first-order valence-corrected chi connectivity index (χ1v) is 8.55. The number of hydrogen-bond donors (Lipinski definition) is 2. The van der Waals surface area contributed by atoms with Crippen molar-refractivity contribution in [2.75, 3.05) is 23.8 Å². The summed E-state index contributed by atoms with van der Waals surface area (Å²) in [4.78, 5) is 26.2. The minimum atomic E-state index is -0.142. The normalized spacial score (nSPS) is 16.1. The highest BCUT2D eigenvalue weighted by Gasteiger charge is 2.24. The molecule has 1 atom stereocenters. The molecule has 1 heterocycles. The Bertz CT molecular complexity index is 771. The van der Waals surface area contributed by atoms with Crippen molar-refractivity contribution in [1.29, 1.82) is 0 Å². The topological polar surface area (TPSA) is 61.4 Å². The molecular formula is C20H23N3O2. The number of rotatable bonds is 4. The molecule has 0 saturated heterocycles. The summed E-state index contributed by atoms with van der Waals surface area (Å²) in [7, 11) is 1.59. The first-order valence-electron chi connectivity index (χ1n) is 8.55. The fraction of sp³-hybridized carbons (Fsp3) is 0.300. The summed E-state index contributed by atoms with van der Waals surface area (Å²) >= 11 is 0. The molecule has 0 saturated carbocycles. The van der Waals surface area contributed by atoms with Crippen molar-refractivity contribution in [2.24, 2.45) is 0 Å². The van der Waals surface area contributed by atoms with Gasteiger partial charge in [-0.05, 0) is 55.7 Å². The van der Waals surface area contributed by atoms with E-state index < -0.39 is 0 Å². The number of nitrogens with one attached hydrogen (secondary N) is 2. The number of carbonyl (C=O) groups is 2. The van der Waals surface area contributed by atoms with Crippen LogP contribution in [-0.4, -0.2) is 31.4 Å². The molecule has 0 radical (unpaired) electrons. The van der Waals surface area contributed by atoms with Gasteiger partial charge in [-0.2, -0.15) is 0 Å². The van der Waals surface area contributed by atoms with Gasteiger partial charge in [0.05, 0.1) is 6.54 Å². The number of para-hydroxylation sites is 1. The van der Waals surface area contributed by atoms with Crippen LogP contribution in [0.2, 0.25) is 0 Å². The molecule has 130 valence electrons. The zero-order chi connectivity index (χ0) is 17.8. The smallest absolute Gasteiger partial charge is 0.251 e. The van der Waals surface area contributed by atoms with Crippen LogP contribution >= 0.6 is 0 Å². The zero-order valence-corrected chi connectivity index (χ0v) is 14.6. The number of amides is 2. The maximum Gasteiger partial charge on any atom is 0.251 e. The van der Waals surface area contributed by atoms with E-state index >= 15 is 0 Å². The van der Waals surface area contributed by atoms with Gasteiger partial charge >= 0.3 is 0 Å². The van der Waals surface area contributed by atoms with Gasteiger partial charge < -0.3 is 15.5 Å². The molecule has 1 aliphatic heterocycles. The van der Waals surface area contributed by atoms with Crippen molar-refractivity contribution < 1.29 is 9.59 Å². The lowest BCUT2D eigenvalue weighted by Gasteiger charge is -2.36. The third kappa shape index (κ3) is 3.82. The molecule has 0 fully saturated rings. The molecule has 0 aliphatic carbocycles. The summed E-state index contributed by atoms with van der Waals surface area (Å²) in [5.74, 6) is -0.201. The Hall–Kier alpha value is -2.82. The quantitative estimate of drug-likeness (QED) is 0.902. The maximum atomic E-state index is 12.5. The molecule has 3 rings (SSSR count). The lowest BCUT2D eigenvalue weighted by atomic mass is 9.96. The lowest BCUT2D eigenvalue weighted by Crippen LogP contribution is -2.42. The van der Waals surface area contributed by atoms with Crippen LogP contribution in [0.25, 0.3) is 0 Å². The molecule has 0 bridgehead atoms. The second-order valence-electron chi connectivity index (χ2n) is 6.35. The van der Waals surface area contributed by atoms with Gasteiger partial charge in [-0.1, -0.05) is 18.2 Å². The summed E-state index contributed by atoms with van der Waals surface area (Å²) in [6.45, 7) is 2.47. The van der Waals surface area contributed by atoms with Crippen LogP contribution in [0.4, 0.5) is 11.4 Å². The number of nitrogens with zero attached hydrogens (tertiary/aromatic N) is 1. The van der Waals surface area contributed by atoms with Crippen LogP contribution in [0.3, 0.4) is 0 Å². The molecule has 2 aromatic carbocycles. The van der Waals surface area contributed by atoms with Crippen LogP contribution < -0.4 is 15.5 Å². The number of benzene rings is 2. The molecule has 2 amide bonds. The van der Waals surface area contributed by atoms with Gasteiger partial charge in [0.2, 0.25) is 5.91 Å². The third-order valence-corrected chi connectivity index (χ3v) is 4.64. The average Bonchev–Trinajstić information content (AvgIpc) is 2.64. The Morgan fingerprint density at radius 2 is 1.84 bits per heavy atom. The Balaban J connectivity index is 1.67. The standard InChI is InChI=1S/C20H23N3O2/c1-14-7-8-15-5-3-4-6-18(15)23(14)13-19(24)22-17-11-9-16(10-12-17)20(25)21-2/h3-6,9-12,14H,7-8,13H2,1-2H3,(H,21,25)(H,22,24)/t14-/m0/s1. The Labute approximate surface area is 148 Å². The van der Waals surface area contributed by atoms with E-state index in [0.717, 1.165) is 18.5 Å². The number of hydrogen-bond acceptors (Lipinski definition) is 3. The first-order chi connectivity index (χ1) is 12.1. The Morgan fingerprint density at radius 1 is 1.12 bits per heavy atom. The average molecular weight is 337 g/mol. The highest BCUT2D eigenvalue weighted by Crippen LogP contribution is 2.30. The Kier molecular flexibility index (Phi) is 5.03. The summed E-state index contributed by atoms with van der Waals surface area (Å²) in [5, 5.41) is 5.49. The van der Waals surface area contributed by atoms with E-state index in [1.165, 1.54) is 5.56 Å². The summed E-state index contributed by atoms with van der Waals surface area (Å²) in [6.07, 6.45) is 2.10. The van der Waals surface area contributed by atoms with Gasteiger partial charge in [-0.15, -0.1) is 0 Å². The van der Waals surface area contributed by atoms with Crippen LogP contribution in [0.1, 0.15) is 29.3 Å². The van der Waals surface area contributed by atoms with Crippen molar-refractivity contribution in [3.05, 3.63) is 59.7 Å². The van der Waals surface area contributed by atoms with Gasteiger partial charge in [0.1, 0.15) is 0 Å². The van der Waals surface area contributed by atoms with E-state index in [1.807, 2.05) is 12.1 Å². The molecule has 2 N–H and O–H groups in total. The lowest BCUT2D eigenvalue weighted by molar-refractivity contribution is -0.115. The minimum Gasteiger partial charge on any atom is -0.359 e. The molecule has 0 aromatic heterocycles. The predicted molar refractivity (Wildman–Crippen MR) is 100 cm³/mol. The largest absolute Gasteiger partial charge is 0.359 e.